The maximum atomic E-state index is 4.69. The van der Waals surface area contributed by atoms with Crippen molar-refractivity contribution >= 4 is 11.8 Å². The number of benzene rings is 1. The highest BCUT2D eigenvalue weighted by Gasteiger charge is 2.14. The molecule has 1 heterocycles. The zero-order valence-corrected chi connectivity index (χ0v) is 14.2. The van der Waals surface area contributed by atoms with Gasteiger partial charge in [0.2, 0.25) is 5.95 Å². The zero-order valence-electron chi connectivity index (χ0n) is 14.2. The number of aromatic nitrogens is 2. The number of hydrogen-bond acceptors (Lipinski definition) is 4. The Balaban J connectivity index is 2.25. The lowest BCUT2D eigenvalue weighted by Crippen LogP contribution is -2.29. The zero-order chi connectivity index (χ0) is 16.2. The van der Waals surface area contributed by atoms with E-state index in [1.807, 2.05) is 19.1 Å². The summed E-state index contributed by atoms with van der Waals surface area (Å²) in [6, 6.07) is 12.5. The summed E-state index contributed by atoms with van der Waals surface area (Å²) in [6.45, 7) is 12.2. The average Bonchev–Trinajstić information content (AvgIpc) is 2.43. The average molecular weight is 298 g/mol. The van der Waals surface area contributed by atoms with Crippen molar-refractivity contribution in [3.8, 4) is 0 Å². The molecular weight excluding hydrogens is 272 g/mol. The second-order valence-corrected chi connectivity index (χ2v) is 6.57. The summed E-state index contributed by atoms with van der Waals surface area (Å²) in [5.41, 5.74) is 2.20. The summed E-state index contributed by atoms with van der Waals surface area (Å²) in [5.74, 6) is 1.65. The summed E-state index contributed by atoms with van der Waals surface area (Å²) in [5, 5.41) is 3.36. The van der Waals surface area contributed by atoms with E-state index in [4.69, 9.17) is 0 Å². The molecule has 0 atom stereocenters. The van der Waals surface area contributed by atoms with Crippen molar-refractivity contribution in [1.29, 1.82) is 0 Å². The molecule has 118 valence electrons. The molecule has 22 heavy (non-hydrogen) atoms. The molecule has 0 bridgehead atoms. The molecule has 0 aliphatic heterocycles. The van der Waals surface area contributed by atoms with E-state index >= 15 is 0 Å². The highest BCUT2D eigenvalue weighted by atomic mass is 15.2. The van der Waals surface area contributed by atoms with Gasteiger partial charge in [-0.25, -0.2) is 4.98 Å². The Morgan fingerprint density at radius 2 is 1.77 bits per heavy atom. The van der Waals surface area contributed by atoms with Gasteiger partial charge in [0, 0.05) is 30.4 Å². The minimum atomic E-state index is -0.0540. The molecule has 0 unspecified atom stereocenters. The molecule has 0 spiro atoms. The van der Waals surface area contributed by atoms with Gasteiger partial charge in [-0.1, -0.05) is 30.3 Å². The van der Waals surface area contributed by atoms with Gasteiger partial charge in [0.15, 0.2) is 0 Å². The van der Waals surface area contributed by atoms with Crippen molar-refractivity contribution in [2.75, 3.05) is 16.8 Å². The van der Waals surface area contributed by atoms with Gasteiger partial charge in [-0.3, -0.25) is 0 Å². The number of hydrogen-bond donors (Lipinski definition) is 1. The van der Waals surface area contributed by atoms with Crippen LogP contribution < -0.4 is 10.2 Å². The number of nitrogens with one attached hydrogen (secondary N) is 1. The van der Waals surface area contributed by atoms with E-state index in [1.54, 1.807) is 0 Å². The van der Waals surface area contributed by atoms with Crippen LogP contribution in [0.5, 0.6) is 0 Å². The second kappa shape index (κ2) is 6.77. The Kier molecular flexibility index (Phi) is 5.01. The van der Waals surface area contributed by atoms with Crippen LogP contribution >= 0.6 is 0 Å². The molecule has 1 aromatic heterocycles. The quantitative estimate of drug-likeness (QED) is 0.905. The van der Waals surface area contributed by atoms with Crippen LogP contribution in [0.25, 0.3) is 0 Å². The van der Waals surface area contributed by atoms with E-state index in [0.717, 1.165) is 24.6 Å². The van der Waals surface area contributed by atoms with Gasteiger partial charge in [0.05, 0.1) is 0 Å². The SMILES string of the molecule is CCN(Cc1ccccc1)c1cc(C)nc(NC(C)(C)C)n1. The predicted molar refractivity (Wildman–Crippen MR) is 93.3 cm³/mol. The summed E-state index contributed by atoms with van der Waals surface area (Å²) in [6.07, 6.45) is 0. The lowest BCUT2D eigenvalue weighted by atomic mass is 10.1. The minimum Gasteiger partial charge on any atom is -0.352 e. The molecule has 4 heteroatoms. The molecular formula is C18H26N4. The van der Waals surface area contributed by atoms with Gasteiger partial charge in [-0.15, -0.1) is 0 Å². The lowest BCUT2D eigenvalue weighted by Gasteiger charge is -2.25. The smallest absolute Gasteiger partial charge is 0.225 e. The maximum Gasteiger partial charge on any atom is 0.225 e. The fourth-order valence-corrected chi connectivity index (χ4v) is 2.26. The summed E-state index contributed by atoms with van der Waals surface area (Å²) in [7, 11) is 0. The Bertz CT molecular complexity index is 602. The first-order chi connectivity index (χ1) is 10.4. The van der Waals surface area contributed by atoms with Gasteiger partial charge >= 0.3 is 0 Å². The minimum absolute atomic E-state index is 0.0540. The van der Waals surface area contributed by atoms with E-state index < -0.39 is 0 Å². The molecule has 1 aromatic carbocycles. The first kappa shape index (κ1) is 16.3. The maximum absolute atomic E-state index is 4.69. The third kappa shape index (κ3) is 4.72. The van der Waals surface area contributed by atoms with Crippen molar-refractivity contribution < 1.29 is 0 Å². The molecule has 0 saturated carbocycles. The van der Waals surface area contributed by atoms with Crippen LogP contribution in [-0.2, 0) is 6.54 Å². The van der Waals surface area contributed by atoms with Gasteiger partial charge in [0.1, 0.15) is 5.82 Å². The molecule has 0 fully saturated rings. The Morgan fingerprint density at radius 1 is 1.09 bits per heavy atom. The van der Waals surface area contributed by atoms with Gasteiger partial charge in [-0.2, -0.15) is 4.98 Å². The van der Waals surface area contributed by atoms with Crippen molar-refractivity contribution in [1.82, 2.24) is 9.97 Å². The first-order valence-corrected chi connectivity index (χ1v) is 7.80. The van der Waals surface area contributed by atoms with Crippen LogP contribution in [0.15, 0.2) is 36.4 Å². The molecule has 0 aliphatic rings. The highest BCUT2D eigenvalue weighted by Crippen LogP contribution is 2.19. The fourth-order valence-electron chi connectivity index (χ4n) is 2.26. The molecule has 0 aliphatic carbocycles. The lowest BCUT2D eigenvalue weighted by molar-refractivity contribution is 0.625. The third-order valence-electron chi connectivity index (χ3n) is 3.25. The third-order valence-corrected chi connectivity index (χ3v) is 3.25. The summed E-state index contributed by atoms with van der Waals surface area (Å²) < 4.78 is 0. The monoisotopic (exact) mass is 298 g/mol. The number of anilines is 2. The predicted octanol–water partition coefficient (Wildman–Crippen LogP) is 4.02. The van der Waals surface area contributed by atoms with Crippen LogP contribution in [0, 0.1) is 6.92 Å². The number of rotatable bonds is 5. The van der Waals surface area contributed by atoms with Gasteiger partial charge in [0.25, 0.3) is 0 Å². The largest absolute Gasteiger partial charge is 0.352 e. The van der Waals surface area contributed by atoms with Crippen molar-refractivity contribution in [2.24, 2.45) is 0 Å². The molecule has 0 radical (unpaired) electrons. The van der Waals surface area contributed by atoms with Crippen molar-refractivity contribution in [3.63, 3.8) is 0 Å². The molecule has 0 amide bonds. The van der Waals surface area contributed by atoms with E-state index in [1.165, 1.54) is 5.56 Å². The van der Waals surface area contributed by atoms with Gasteiger partial charge < -0.3 is 10.2 Å². The van der Waals surface area contributed by atoms with Crippen molar-refractivity contribution in [3.05, 3.63) is 47.7 Å². The summed E-state index contributed by atoms with van der Waals surface area (Å²) in [4.78, 5) is 11.4. The Labute approximate surface area is 133 Å². The first-order valence-electron chi connectivity index (χ1n) is 7.80. The number of aryl methyl sites for hydroxylation is 1. The van der Waals surface area contributed by atoms with E-state index in [0.29, 0.717) is 5.95 Å². The number of nitrogens with zero attached hydrogens (tertiary/aromatic N) is 3. The Morgan fingerprint density at radius 3 is 2.36 bits per heavy atom. The molecule has 0 saturated heterocycles. The van der Waals surface area contributed by atoms with Gasteiger partial charge in [-0.05, 0) is 40.2 Å². The second-order valence-electron chi connectivity index (χ2n) is 6.57. The van der Waals surface area contributed by atoms with Crippen LogP contribution in [0.1, 0.15) is 39.0 Å². The molecule has 1 N–H and O–H groups in total. The fraction of sp³-hybridized carbons (Fsp3) is 0.444. The van der Waals surface area contributed by atoms with E-state index in [-0.39, 0.29) is 5.54 Å². The standard InChI is InChI=1S/C18H26N4/c1-6-22(13-15-10-8-7-9-11-15)16-12-14(2)19-17(20-16)21-18(3,4)5/h7-12H,6,13H2,1-5H3,(H,19,20,21). The molecule has 2 rings (SSSR count). The molecule has 4 nitrogen and oxygen atoms in total. The van der Waals surface area contributed by atoms with Crippen LogP contribution in [0.3, 0.4) is 0 Å². The van der Waals surface area contributed by atoms with E-state index in [2.05, 4.69) is 72.1 Å². The van der Waals surface area contributed by atoms with Crippen LogP contribution in [0.2, 0.25) is 0 Å². The topological polar surface area (TPSA) is 41.1 Å². The van der Waals surface area contributed by atoms with Crippen LogP contribution in [0.4, 0.5) is 11.8 Å². The molecule has 2 aromatic rings. The van der Waals surface area contributed by atoms with Crippen molar-refractivity contribution in [2.45, 2.75) is 46.7 Å². The summed E-state index contributed by atoms with van der Waals surface area (Å²) >= 11 is 0. The normalized spacial score (nSPS) is 11.3. The highest BCUT2D eigenvalue weighted by molar-refractivity contribution is 5.46. The Hall–Kier alpha value is -2.10. The van der Waals surface area contributed by atoms with Crippen LogP contribution in [-0.4, -0.2) is 22.1 Å². The van der Waals surface area contributed by atoms with E-state index in [9.17, 15) is 0 Å².